The lowest BCUT2D eigenvalue weighted by atomic mass is 9.78. The summed E-state index contributed by atoms with van der Waals surface area (Å²) in [6, 6.07) is 4.20. The number of likely N-dealkylation sites (tertiary alicyclic amines) is 1. The molecule has 0 atom stereocenters. The van der Waals surface area contributed by atoms with Gasteiger partial charge in [0.2, 0.25) is 5.91 Å². The van der Waals surface area contributed by atoms with Crippen molar-refractivity contribution in [1.82, 2.24) is 14.8 Å². The second kappa shape index (κ2) is 8.05. The molecule has 0 radical (unpaired) electrons. The first-order valence-electron chi connectivity index (χ1n) is 10.2. The minimum absolute atomic E-state index is 0.204. The number of carbonyl (C=O) groups is 1. The second-order valence-electron chi connectivity index (χ2n) is 8.43. The molecule has 0 aromatic carbocycles. The Kier molecular flexibility index (Phi) is 5.55. The minimum atomic E-state index is 0.204. The maximum absolute atomic E-state index is 12.7. The standard InChI is InChI=1S/C21H31N3O2/c25-20(19-3-1-2-4-19)24-11-7-21(8-12-24)16-23(13-14-26-17-21)15-18-5-9-22-10-6-18/h5-6,9-10,19H,1-4,7-8,11-17H2. The van der Waals surface area contributed by atoms with Crippen LogP contribution in [0.1, 0.15) is 44.1 Å². The molecule has 0 bridgehead atoms. The zero-order valence-electron chi connectivity index (χ0n) is 15.7. The Morgan fingerprint density at radius 1 is 1.15 bits per heavy atom. The molecule has 3 aliphatic rings. The highest BCUT2D eigenvalue weighted by molar-refractivity contribution is 5.79. The molecule has 0 N–H and O–H groups in total. The number of rotatable bonds is 3. The van der Waals surface area contributed by atoms with E-state index in [-0.39, 0.29) is 5.41 Å². The first kappa shape index (κ1) is 17.9. The molecule has 4 rings (SSSR count). The van der Waals surface area contributed by atoms with Crippen molar-refractivity contribution in [3.8, 4) is 0 Å². The Hall–Kier alpha value is -1.46. The number of piperidine rings is 1. The third kappa shape index (κ3) is 4.09. The first-order valence-corrected chi connectivity index (χ1v) is 10.2. The van der Waals surface area contributed by atoms with E-state index in [1.807, 2.05) is 12.4 Å². The van der Waals surface area contributed by atoms with Crippen LogP contribution in [0.15, 0.2) is 24.5 Å². The van der Waals surface area contributed by atoms with Gasteiger partial charge < -0.3 is 9.64 Å². The molecule has 1 aliphatic carbocycles. The predicted octanol–water partition coefficient (Wildman–Crippen LogP) is 2.71. The zero-order chi connectivity index (χ0) is 17.8. The summed E-state index contributed by atoms with van der Waals surface area (Å²) in [5.41, 5.74) is 1.52. The Bertz CT molecular complexity index is 593. The minimum Gasteiger partial charge on any atom is -0.379 e. The van der Waals surface area contributed by atoms with Crippen LogP contribution in [0, 0.1) is 11.3 Å². The van der Waals surface area contributed by atoms with Gasteiger partial charge in [0.1, 0.15) is 0 Å². The molecule has 1 aromatic rings. The Balaban J connectivity index is 1.36. The Morgan fingerprint density at radius 2 is 1.88 bits per heavy atom. The molecule has 2 aliphatic heterocycles. The van der Waals surface area contributed by atoms with Crippen molar-refractivity contribution in [2.24, 2.45) is 11.3 Å². The van der Waals surface area contributed by atoms with Crippen molar-refractivity contribution in [1.29, 1.82) is 0 Å². The summed E-state index contributed by atoms with van der Waals surface area (Å²) in [5, 5.41) is 0. The normalized spacial score (nSPS) is 24.7. The van der Waals surface area contributed by atoms with E-state index in [2.05, 4.69) is 26.9 Å². The van der Waals surface area contributed by atoms with Crippen LogP contribution in [-0.4, -0.2) is 60.1 Å². The first-order chi connectivity index (χ1) is 12.7. The van der Waals surface area contributed by atoms with Crippen LogP contribution >= 0.6 is 0 Å². The lowest BCUT2D eigenvalue weighted by Crippen LogP contribution is -2.49. The van der Waals surface area contributed by atoms with Crippen molar-refractivity contribution in [3.05, 3.63) is 30.1 Å². The molecular formula is C21H31N3O2. The van der Waals surface area contributed by atoms with E-state index >= 15 is 0 Å². The molecule has 2 saturated heterocycles. The van der Waals surface area contributed by atoms with Crippen LogP contribution in [0.3, 0.4) is 0 Å². The van der Waals surface area contributed by atoms with Gasteiger partial charge in [0.25, 0.3) is 0 Å². The molecular weight excluding hydrogens is 326 g/mol. The number of nitrogens with zero attached hydrogens (tertiary/aromatic N) is 3. The van der Waals surface area contributed by atoms with E-state index in [0.717, 1.165) is 71.6 Å². The number of pyridine rings is 1. The van der Waals surface area contributed by atoms with Gasteiger partial charge in [-0.25, -0.2) is 0 Å². The average molecular weight is 357 g/mol. The van der Waals surface area contributed by atoms with Crippen molar-refractivity contribution in [3.63, 3.8) is 0 Å². The van der Waals surface area contributed by atoms with Gasteiger partial charge in [0.05, 0.1) is 13.2 Å². The molecule has 1 spiro atoms. The van der Waals surface area contributed by atoms with Gasteiger partial charge in [-0.05, 0) is 43.4 Å². The summed E-state index contributed by atoms with van der Waals surface area (Å²) in [6.45, 7) is 6.46. The molecule has 1 aromatic heterocycles. The number of carbonyl (C=O) groups excluding carboxylic acids is 1. The fraction of sp³-hybridized carbons (Fsp3) is 0.714. The highest BCUT2D eigenvalue weighted by atomic mass is 16.5. The summed E-state index contributed by atoms with van der Waals surface area (Å²) >= 11 is 0. The van der Waals surface area contributed by atoms with Crippen molar-refractivity contribution in [2.75, 3.05) is 39.4 Å². The Labute approximate surface area is 156 Å². The molecule has 26 heavy (non-hydrogen) atoms. The van der Waals surface area contributed by atoms with Crippen LogP contribution in [0.4, 0.5) is 0 Å². The van der Waals surface area contributed by atoms with E-state index in [1.165, 1.54) is 18.4 Å². The molecule has 5 heteroatoms. The predicted molar refractivity (Wildman–Crippen MR) is 101 cm³/mol. The van der Waals surface area contributed by atoms with Gasteiger partial charge in [-0.2, -0.15) is 0 Å². The van der Waals surface area contributed by atoms with Crippen LogP contribution in [-0.2, 0) is 16.1 Å². The number of ether oxygens (including phenoxy) is 1. The van der Waals surface area contributed by atoms with Crippen molar-refractivity contribution in [2.45, 2.75) is 45.1 Å². The largest absolute Gasteiger partial charge is 0.379 e. The maximum atomic E-state index is 12.7. The van der Waals surface area contributed by atoms with Crippen LogP contribution < -0.4 is 0 Å². The number of amides is 1. The van der Waals surface area contributed by atoms with Crippen molar-refractivity contribution >= 4 is 5.91 Å². The van der Waals surface area contributed by atoms with Gasteiger partial charge >= 0.3 is 0 Å². The van der Waals surface area contributed by atoms with E-state index in [1.54, 1.807) is 0 Å². The summed E-state index contributed by atoms with van der Waals surface area (Å²) in [7, 11) is 0. The zero-order valence-corrected chi connectivity index (χ0v) is 15.7. The van der Waals surface area contributed by atoms with Gasteiger partial charge in [-0.15, -0.1) is 0 Å². The summed E-state index contributed by atoms with van der Waals surface area (Å²) in [6.07, 6.45) is 10.5. The molecule has 0 unspecified atom stereocenters. The second-order valence-corrected chi connectivity index (χ2v) is 8.43. The summed E-state index contributed by atoms with van der Waals surface area (Å²) in [4.78, 5) is 21.5. The molecule has 3 heterocycles. The molecule has 142 valence electrons. The van der Waals surface area contributed by atoms with E-state index < -0.39 is 0 Å². The van der Waals surface area contributed by atoms with E-state index in [0.29, 0.717) is 11.8 Å². The Morgan fingerprint density at radius 3 is 2.62 bits per heavy atom. The highest BCUT2D eigenvalue weighted by Gasteiger charge is 2.40. The van der Waals surface area contributed by atoms with Gasteiger partial charge in [-0.3, -0.25) is 14.7 Å². The number of aromatic nitrogens is 1. The third-order valence-corrected chi connectivity index (χ3v) is 6.51. The third-order valence-electron chi connectivity index (χ3n) is 6.51. The van der Waals surface area contributed by atoms with Crippen LogP contribution in [0.25, 0.3) is 0 Å². The van der Waals surface area contributed by atoms with Crippen LogP contribution in [0.2, 0.25) is 0 Å². The maximum Gasteiger partial charge on any atom is 0.225 e. The lowest BCUT2D eigenvalue weighted by molar-refractivity contribution is -0.138. The van der Waals surface area contributed by atoms with Gasteiger partial charge in [-0.1, -0.05) is 12.8 Å². The molecule has 1 saturated carbocycles. The fourth-order valence-electron chi connectivity index (χ4n) is 4.90. The van der Waals surface area contributed by atoms with Crippen molar-refractivity contribution < 1.29 is 9.53 Å². The quantitative estimate of drug-likeness (QED) is 0.834. The average Bonchev–Trinajstić information content (AvgIpc) is 3.14. The van der Waals surface area contributed by atoms with Gasteiger partial charge in [0.15, 0.2) is 0 Å². The summed E-state index contributed by atoms with van der Waals surface area (Å²) < 4.78 is 5.99. The monoisotopic (exact) mass is 357 g/mol. The topological polar surface area (TPSA) is 45.7 Å². The van der Waals surface area contributed by atoms with Crippen LogP contribution in [0.5, 0.6) is 0 Å². The molecule has 3 fully saturated rings. The lowest BCUT2D eigenvalue weighted by Gasteiger charge is -2.43. The van der Waals surface area contributed by atoms with Gasteiger partial charge in [0, 0.05) is 56.5 Å². The molecule has 5 nitrogen and oxygen atoms in total. The molecule has 1 amide bonds. The fourth-order valence-corrected chi connectivity index (χ4v) is 4.90. The van der Waals surface area contributed by atoms with E-state index in [9.17, 15) is 4.79 Å². The SMILES string of the molecule is O=C(C1CCCC1)N1CCC2(CC1)COCCN(Cc1ccncc1)C2. The van der Waals surface area contributed by atoms with E-state index in [4.69, 9.17) is 4.74 Å². The smallest absolute Gasteiger partial charge is 0.225 e. The summed E-state index contributed by atoms with van der Waals surface area (Å²) in [5.74, 6) is 0.721. The number of hydrogen-bond donors (Lipinski definition) is 0. The number of hydrogen-bond acceptors (Lipinski definition) is 4. The highest BCUT2D eigenvalue weighted by Crippen LogP contribution is 2.36.